The SMILES string of the molecule is CCSCCCNC1CCOC1C. The smallest absolute Gasteiger partial charge is 0.0700 e. The van der Waals surface area contributed by atoms with Crippen LogP contribution in [-0.4, -0.2) is 36.8 Å². The average molecular weight is 203 g/mol. The van der Waals surface area contributed by atoms with Gasteiger partial charge < -0.3 is 10.1 Å². The predicted octanol–water partition coefficient (Wildman–Crippen LogP) is 1.90. The molecule has 2 nitrogen and oxygen atoms in total. The lowest BCUT2D eigenvalue weighted by atomic mass is 10.1. The monoisotopic (exact) mass is 203 g/mol. The molecular formula is C10H21NOS. The van der Waals surface area contributed by atoms with Crippen molar-refractivity contribution < 1.29 is 4.74 Å². The molecule has 0 aliphatic carbocycles. The molecule has 1 aliphatic heterocycles. The standard InChI is InChI=1S/C10H21NOS/c1-3-13-8-4-6-11-10-5-7-12-9(10)2/h9-11H,3-8H2,1-2H3. The summed E-state index contributed by atoms with van der Waals surface area (Å²) in [6, 6.07) is 0.603. The second-order valence-corrected chi connectivity index (χ2v) is 4.87. The summed E-state index contributed by atoms with van der Waals surface area (Å²) in [6.07, 6.45) is 2.88. The van der Waals surface area contributed by atoms with E-state index in [0.29, 0.717) is 12.1 Å². The Labute approximate surface area is 85.8 Å². The zero-order chi connectivity index (χ0) is 9.52. The third-order valence-corrected chi connectivity index (χ3v) is 3.44. The van der Waals surface area contributed by atoms with E-state index < -0.39 is 0 Å². The number of thioether (sulfide) groups is 1. The van der Waals surface area contributed by atoms with Gasteiger partial charge >= 0.3 is 0 Å². The first-order chi connectivity index (χ1) is 6.34. The second kappa shape index (κ2) is 6.68. The molecule has 0 aromatic rings. The van der Waals surface area contributed by atoms with Crippen molar-refractivity contribution in [3.8, 4) is 0 Å². The fourth-order valence-corrected chi connectivity index (χ4v) is 2.24. The Hall–Kier alpha value is 0.270. The summed E-state index contributed by atoms with van der Waals surface area (Å²) in [5.74, 6) is 2.52. The van der Waals surface area contributed by atoms with Crippen LogP contribution in [0.3, 0.4) is 0 Å². The third-order valence-electron chi connectivity index (χ3n) is 2.45. The first-order valence-electron chi connectivity index (χ1n) is 5.27. The molecule has 0 aromatic heterocycles. The normalized spacial score (nSPS) is 28.2. The van der Waals surface area contributed by atoms with Gasteiger partial charge in [0.15, 0.2) is 0 Å². The molecule has 0 spiro atoms. The molecule has 13 heavy (non-hydrogen) atoms. The Morgan fingerprint density at radius 1 is 1.54 bits per heavy atom. The maximum absolute atomic E-state index is 5.48. The number of rotatable bonds is 6. The van der Waals surface area contributed by atoms with Gasteiger partial charge in [0.05, 0.1) is 6.10 Å². The summed E-state index contributed by atoms with van der Waals surface area (Å²) in [7, 11) is 0. The summed E-state index contributed by atoms with van der Waals surface area (Å²) >= 11 is 2.02. The van der Waals surface area contributed by atoms with Crippen molar-refractivity contribution in [1.29, 1.82) is 0 Å². The fourth-order valence-electron chi connectivity index (χ4n) is 1.61. The summed E-state index contributed by atoms with van der Waals surface area (Å²) < 4.78 is 5.48. The van der Waals surface area contributed by atoms with Crippen LogP contribution >= 0.6 is 11.8 Å². The van der Waals surface area contributed by atoms with E-state index in [0.717, 1.165) is 13.2 Å². The quantitative estimate of drug-likeness (QED) is 0.666. The van der Waals surface area contributed by atoms with Gasteiger partial charge in [-0.05, 0) is 37.8 Å². The molecule has 0 saturated carbocycles. The van der Waals surface area contributed by atoms with E-state index in [1.54, 1.807) is 0 Å². The number of hydrogen-bond acceptors (Lipinski definition) is 3. The Morgan fingerprint density at radius 2 is 2.38 bits per heavy atom. The van der Waals surface area contributed by atoms with Crippen molar-refractivity contribution in [2.45, 2.75) is 38.8 Å². The van der Waals surface area contributed by atoms with Gasteiger partial charge in [0, 0.05) is 12.6 Å². The number of nitrogens with one attached hydrogen (secondary N) is 1. The van der Waals surface area contributed by atoms with Crippen LogP contribution in [0.25, 0.3) is 0 Å². The van der Waals surface area contributed by atoms with Gasteiger partial charge in [0.25, 0.3) is 0 Å². The molecule has 0 radical (unpaired) electrons. The molecule has 0 bridgehead atoms. The summed E-state index contributed by atoms with van der Waals surface area (Å²) in [5, 5.41) is 3.55. The highest BCUT2D eigenvalue weighted by molar-refractivity contribution is 7.99. The van der Waals surface area contributed by atoms with E-state index in [4.69, 9.17) is 4.74 Å². The van der Waals surface area contributed by atoms with Crippen molar-refractivity contribution in [3.05, 3.63) is 0 Å². The van der Waals surface area contributed by atoms with Gasteiger partial charge in [0.1, 0.15) is 0 Å². The molecule has 1 N–H and O–H groups in total. The van der Waals surface area contributed by atoms with Crippen molar-refractivity contribution in [3.63, 3.8) is 0 Å². The lowest BCUT2D eigenvalue weighted by Gasteiger charge is -2.15. The highest BCUT2D eigenvalue weighted by atomic mass is 32.2. The second-order valence-electron chi connectivity index (χ2n) is 3.48. The Kier molecular flexibility index (Phi) is 5.83. The maximum atomic E-state index is 5.48. The minimum Gasteiger partial charge on any atom is -0.377 e. The molecule has 2 atom stereocenters. The molecule has 1 heterocycles. The van der Waals surface area contributed by atoms with Crippen LogP contribution in [0.5, 0.6) is 0 Å². The average Bonchev–Trinajstić information content (AvgIpc) is 2.52. The highest BCUT2D eigenvalue weighted by Crippen LogP contribution is 2.12. The molecule has 0 amide bonds. The minimum absolute atomic E-state index is 0.416. The van der Waals surface area contributed by atoms with Gasteiger partial charge in [-0.15, -0.1) is 0 Å². The van der Waals surface area contributed by atoms with Crippen LogP contribution in [-0.2, 0) is 4.74 Å². The molecular weight excluding hydrogens is 182 g/mol. The largest absolute Gasteiger partial charge is 0.377 e. The first kappa shape index (κ1) is 11.3. The Morgan fingerprint density at radius 3 is 3.00 bits per heavy atom. The molecule has 1 aliphatic rings. The van der Waals surface area contributed by atoms with E-state index >= 15 is 0 Å². The molecule has 1 fully saturated rings. The number of ether oxygens (including phenoxy) is 1. The van der Waals surface area contributed by atoms with Gasteiger partial charge in [-0.3, -0.25) is 0 Å². The first-order valence-corrected chi connectivity index (χ1v) is 6.42. The van der Waals surface area contributed by atoms with Gasteiger partial charge in [-0.2, -0.15) is 11.8 Å². The van der Waals surface area contributed by atoms with Gasteiger partial charge in [-0.1, -0.05) is 6.92 Å². The van der Waals surface area contributed by atoms with Crippen LogP contribution in [0.4, 0.5) is 0 Å². The van der Waals surface area contributed by atoms with Crippen molar-refractivity contribution >= 4 is 11.8 Å². The van der Waals surface area contributed by atoms with E-state index in [9.17, 15) is 0 Å². The molecule has 1 rings (SSSR count). The molecule has 1 saturated heterocycles. The van der Waals surface area contributed by atoms with Crippen LogP contribution in [0.2, 0.25) is 0 Å². The molecule has 78 valence electrons. The minimum atomic E-state index is 0.416. The van der Waals surface area contributed by atoms with Crippen LogP contribution in [0.15, 0.2) is 0 Å². The van der Waals surface area contributed by atoms with E-state index in [-0.39, 0.29) is 0 Å². The van der Waals surface area contributed by atoms with Crippen LogP contribution in [0.1, 0.15) is 26.7 Å². The molecule has 0 aromatic carbocycles. The van der Waals surface area contributed by atoms with Gasteiger partial charge in [-0.25, -0.2) is 0 Å². The topological polar surface area (TPSA) is 21.3 Å². The Balaban J connectivity index is 1.93. The zero-order valence-corrected chi connectivity index (χ0v) is 9.53. The van der Waals surface area contributed by atoms with Gasteiger partial charge in [0.2, 0.25) is 0 Å². The fraction of sp³-hybridized carbons (Fsp3) is 1.00. The zero-order valence-electron chi connectivity index (χ0n) is 8.71. The van der Waals surface area contributed by atoms with Crippen molar-refractivity contribution in [1.82, 2.24) is 5.32 Å². The third kappa shape index (κ3) is 4.34. The Bertz CT molecular complexity index is 132. The lowest BCUT2D eigenvalue weighted by molar-refractivity contribution is 0.113. The van der Waals surface area contributed by atoms with Crippen LogP contribution in [0, 0.1) is 0 Å². The van der Waals surface area contributed by atoms with Crippen LogP contribution < -0.4 is 5.32 Å². The highest BCUT2D eigenvalue weighted by Gasteiger charge is 2.22. The van der Waals surface area contributed by atoms with E-state index in [1.807, 2.05) is 11.8 Å². The van der Waals surface area contributed by atoms with Crippen molar-refractivity contribution in [2.75, 3.05) is 24.7 Å². The summed E-state index contributed by atoms with van der Waals surface area (Å²) in [4.78, 5) is 0. The summed E-state index contributed by atoms with van der Waals surface area (Å²) in [6.45, 7) is 6.45. The number of hydrogen-bond donors (Lipinski definition) is 1. The summed E-state index contributed by atoms with van der Waals surface area (Å²) in [5.41, 5.74) is 0. The molecule has 2 unspecified atom stereocenters. The van der Waals surface area contributed by atoms with E-state index in [1.165, 1.54) is 24.3 Å². The predicted molar refractivity (Wildman–Crippen MR) is 59.4 cm³/mol. The van der Waals surface area contributed by atoms with Crippen molar-refractivity contribution in [2.24, 2.45) is 0 Å². The maximum Gasteiger partial charge on any atom is 0.0700 e. The van der Waals surface area contributed by atoms with E-state index in [2.05, 4.69) is 19.2 Å². The lowest BCUT2D eigenvalue weighted by Crippen LogP contribution is -2.35. The molecule has 3 heteroatoms.